The van der Waals surface area contributed by atoms with Crippen LogP contribution in [-0.4, -0.2) is 28.9 Å². The molecule has 0 aliphatic heterocycles. The molecule has 0 aliphatic rings. The average molecular weight is 329 g/mol. The standard InChI is InChI=1S/C16H19N5O3/c1-3-20(4-2)15-8-6-12(10-18-15)19-13-7-5-11(16(17)22)9-14(13)21(23)24/h5-10,19H,3-4H2,1-2H3,(H2,17,22). The number of carbonyl (C=O) groups is 1. The summed E-state index contributed by atoms with van der Waals surface area (Å²) >= 11 is 0. The lowest BCUT2D eigenvalue weighted by Gasteiger charge is -2.19. The Morgan fingerprint density at radius 1 is 1.29 bits per heavy atom. The minimum absolute atomic E-state index is 0.0854. The molecule has 1 aromatic heterocycles. The Labute approximate surface area is 139 Å². The van der Waals surface area contributed by atoms with Crippen LogP contribution in [0.2, 0.25) is 0 Å². The molecule has 8 nitrogen and oxygen atoms in total. The maximum absolute atomic E-state index is 11.2. The highest BCUT2D eigenvalue weighted by Crippen LogP contribution is 2.28. The molecule has 1 amide bonds. The molecule has 0 aliphatic carbocycles. The summed E-state index contributed by atoms with van der Waals surface area (Å²) in [6.45, 7) is 5.77. The number of nitrogens with zero attached hydrogens (tertiary/aromatic N) is 3. The number of nitrogens with one attached hydrogen (secondary N) is 1. The molecule has 0 saturated heterocycles. The van der Waals surface area contributed by atoms with Gasteiger partial charge in [0.25, 0.3) is 5.69 Å². The van der Waals surface area contributed by atoms with Gasteiger partial charge in [0.2, 0.25) is 5.91 Å². The van der Waals surface area contributed by atoms with Crippen LogP contribution in [0, 0.1) is 10.1 Å². The van der Waals surface area contributed by atoms with Gasteiger partial charge >= 0.3 is 0 Å². The van der Waals surface area contributed by atoms with Crippen LogP contribution in [0.25, 0.3) is 0 Å². The van der Waals surface area contributed by atoms with E-state index in [4.69, 9.17) is 5.73 Å². The van der Waals surface area contributed by atoms with Crippen LogP contribution >= 0.6 is 0 Å². The van der Waals surface area contributed by atoms with Crippen molar-refractivity contribution in [3.8, 4) is 0 Å². The zero-order chi connectivity index (χ0) is 17.7. The summed E-state index contributed by atoms with van der Waals surface area (Å²) in [4.78, 5) is 28.3. The summed E-state index contributed by atoms with van der Waals surface area (Å²) in [6.07, 6.45) is 1.61. The number of rotatable bonds is 7. The van der Waals surface area contributed by atoms with Crippen molar-refractivity contribution in [2.24, 2.45) is 5.73 Å². The van der Waals surface area contributed by atoms with Gasteiger partial charge in [-0.3, -0.25) is 14.9 Å². The number of pyridine rings is 1. The molecule has 0 spiro atoms. The molecular weight excluding hydrogens is 310 g/mol. The predicted molar refractivity (Wildman–Crippen MR) is 92.7 cm³/mol. The minimum atomic E-state index is -0.713. The summed E-state index contributed by atoms with van der Waals surface area (Å²) in [5.41, 5.74) is 5.90. The van der Waals surface area contributed by atoms with Crippen LogP contribution in [0.3, 0.4) is 0 Å². The Balaban J connectivity index is 2.27. The smallest absolute Gasteiger partial charge is 0.293 e. The SMILES string of the molecule is CCN(CC)c1ccc(Nc2ccc(C(N)=O)cc2[N+](=O)[O-])cn1. The van der Waals surface area contributed by atoms with E-state index in [9.17, 15) is 14.9 Å². The van der Waals surface area contributed by atoms with E-state index < -0.39 is 10.8 Å². The number of amides is 1. The van der Waals surface area contributed by atoms with Crippen molar-refractivity contribution in [3.63, 3.8) is 0 Å². The predicted octanol–water partition coefficient (Wildman–Crippen LogP) is 2.68. The van der Waals surface area contributed by atoms with Crippen molar-refractivity contribution < 1.29 is 9.72 Å². The summed E-state index contributed by atoms with van der Waals surface area (Å²) in [5.74, 6) is 0.124. The van der Waals surface area contributed by atoms with E-state index >= 15 is 0 Å². The second-order valence-corrected chi connectivity index (χ2v) is 5.06. The highest BCUT2D eigenvalue weighted by molar-refractivity contribution is 5.94. The Hall–Kier alpha value is -3.16. The third-order valence-electron chi connectivity index (χ3n) is 3.59. The molecule has 1 heterocycles. The number of nitro benzene ring substituents is 1. The van der Waals surface area contributed by atoms with Gasteiger partial charge < -0.3 is 16.0 Å². The van der Waals surface area contributed by atoms with E-state index in [2.05, 4.69) is 15.2 Å². The number of primary amides is 1. The number of hydrogen-bond donors (Lipinski definition) is 2. The van der Waals surface area contributed by atoms with Crippen LogP contribution in [0.4, 0.5) is 22.9 Å². The summed E-state index contributed by atoms with van der Waals surface area (Å²) in [7, 11) is 0. The first-order valence-corrected chi connectivity index (χ1v) is 7.52. The first kappa shape index (κ1) is 17.2. The molecule has 0 radical (unpaired) electrons. The maximum atomic E-state index is 11.2. The van der Waals surface area contributed by atoms with E-state index in [0.29, 0.717) is 5.69 Å². The molecule has 0 bridgehead atoms. The summed E-state index contributed by atoms with van der Waals surface area (Å²) in [6, 6.07) is 7.69. The number of carbonyl (C=O) groups excluding carboxylic acids is 1. The van der Waals surface area contributed by atoms with Gasteiger partial charge in [0.05, 0.1) is 16.8 Å². The molecule has 0 fully saturated rings. The van der Waals surface area contributed by atoms with E-state index in [0.717, 1.165) is 25.0 Å². The monoisotopic (exact) mass is 329 g/mol. The molecule has 2 aromatic rings. The fourth-order valence-corrected chi connectivity index (χ4v) is 2.29. The second-order valence-electron chi connectivity index (χ2n) is 5.06. The fourth-order valence-electron chi connectivity index (χ4n) is 2.29. The fraction of sp³-hybridized carbons (Fsp3) is 0.250. The van der Waals surface area contributed by atoms with Crippen LogP contribution in [0.1, 0.15) is 24.2 Å². The van der Waals surface area contributed by atoms with E-state index in [1.54, 1.807) is 12.3 Å². The molecule has 24 heavy (non-hydrogen) atoms. The number of nitrogens with two attached hydrogens (primary N) is 1. The van der Waals surface area contributed by atoms with Gasteiger partial charge in [-0.2, -0.15) is 0 Å². The molecule has 1 aromatic carbocycles. The van der Waals surface area contributed by atoms with E-state index in [-0.39, 0.29) is 16.9 Å². The van der Waals surface area contributed by atoms with E-state index in [1.807, 2.05) is 19.9 Å². The molecule has 2 rings (SSSR count). The highest BCUT2D eigenvalue weighted by atomic mass is 16.6. The Bertz CT molecular complexity index is 742. The molecule has 126 valence electrons. The lowest BCUT2D eigenvalue weighted by atomic mass is 10.1. The van der Waals surface area contributed by atoms with Gasteiger partial charge in [0.1, 0.15) is 11.5 Å². The van der Waals surface area contributed by atoms with Crippen molar-refractivity contribution in [2.75, 3.05) is 23.3 Å². The topological polar surface area (TPSA) is 114 Å². The van der Waals surface area contributed by atoms with Crippen molar-refractivity contribution in [1.29, 1.82) is 0 Å². The van der Waals surface area contributed by atoms with Gasteiger partial charge in [-0.1, -0.05) is 0 Å². The molecule has 0 atom stereocenters. The van der Waals surface area contributed by atoms with Crippen LogP contribution < -0.4 is 16.0 Å². The summed E-state index contributed by atoms with van der Waals surface area (Å²) < 4.78 is 0. The number of nitro groups is 1. The van der Waals surface area contributed by atoms with Crippen molar-refractivity contribution in [2.45, 2.75) is 13.8 Å². The van der Waals surface area contributed by atoms with Crippen molar-refractivity contribution in [1.82, 2.24) is 4.98 Å². The Morgan fingerprint density at radius 2 is 2.00 bits per heavy atom. The molecule has 0 saturated carbocycles. The number of aromatic nitrogens is 1. The first-order chi connectivity index (χ1) is 11.5. The van der Waals surface area contributed by atoms with Gasteiger partial charge in [0, 0.05) is 24.7 Å². The number of anilines is 3. The lowest BCUT2D eigenvalue weighted by Crippen LogP contribution is -2.22. The normalized spacial score (nSPS) is 10.2. The van der Waals surface area contributed by atoms with Crippen LogP contribution in [0.5, 0.6) is 0 Å². The molecular formula is C16H19N5O3. The van der Waals surface area contributed by atoms with Gasteiger partial charge in [-0.25, -0.2) is 4.98 Å². The average Bonchev–Trinajstić information content (AvgIpc) is 2.57. The van der Waals surface area contributed by atoms with Crippen LogP contribution in [0.15, 0.2) is 36.5 Å². The zero-order valence-electron chi connectivity index (χ0n) is 13.5. The van der Waals surface area contributed by atoms with Gasteiger partial charge in [0.15, 0.2) is 0 Å². The Kier molecular flexibility index (Phi) is 5.31. The molecule has 0 unspecified atom stereocenters. The van der Waals surface area contributed by atoms with Crippen molar-refractivity contribution in [3.05, 3.63) is 52.2 Å². The number of hydrogen-bond acceptors (Lipinski definition) is 6. The largest absolute Gasteiger partial charge is 0.366 e. The minimum Gasteiger partial charge on any atom is -0.366 e. The van der Waals surface area contributed by atoms with Gasteiger partial charge in [-0.05, 0) is 38.1 Å². The number of benzene rings is 1. The molecule has 3 N–H and O–H groups in total. The third-order valence-corrected chi connectivity index (χ3v) is 3.59. The van der Waals surface area contributed by atoms with Crippen LogP contribution in [-0.2, 0) is 0 Å². The van der Waals surface area contributed by atoms with E-state index in [1.165, 1.54) is 12.1 Å². The molecule has 8 heteroatoms. The highest BCUT2D eigenvalue weighted by Gasteiger charge is 2.17. The quantitative estimate of drug-likeness (QED) is 0.596. The zero-order valence-corrected chi connectivity index (χ0v) is 13.5. The first-order valence-electron chi connectivity index (χ1n) is 7.52. The Morgan fingerprint density at radius 3 is 2.50 bits per heavy atom. The second kappa shape index (κ2) is 7.40. The maximum Gasteiger partial charge on any atom is 0.293 e. The lowest BCUT2D eigenvalue weighted by molar-refractivity contribution is -0.383. The summed E-state index contributed by atoms with van der Waals surface area (Å²) in [5, 5.41) is 14.1. The van der Waals surface area contributed by atoms with Crippen molar-refractivity contribution >= 4 is 28.8 Å². The van der Waals surface area contributed by atoms with Gasteiger partial charge in [-0.15, -0.1) is 0 Å². The third kappa shape index (κ3) is 3.78.